The van der Waals surface area contributed by atoms with Crippen molar-refractivity contribution < 1.29 is 14.6 Å². The summed E-state index contributed by atoms with van der Waals surface area (Å²) in [5.74, 6) is 1.18. The van der Waals surface area contributed by atoms with E-state index in [0.717, 1.165) is 25.7 Å². The molecule has 0 heterocycles. The molecule has 3 nitrogen and oxygen atoms in total. The van der Waals surface area contributed by atoms with E-state index in [1.54, 1.807) is 0 Å². The fourth-order valence-electron chi connectivity index (χ4n) is 4.60. The molecule has 4 fully saturated rings. The second kappa shape index (κ2) is 3.35. The molecule has 94 valence electrons. The Labute approximate surface area is 102 Å². The highest BCUT2D eigenvalue weighted by Crippen LogP contribution is 2.61. The molecule has 4 aliphatic rings. The number of esters is 1. The third-order valence-electron chi connectivity index (χ3n) is 5.34. The van der Waals surface area contributed by atoms with Crippen LogP contribution < -0.4 is 0 Å². The van der Waals surface area contributed by atoms with Crippen molar-refractivity contribution in [3.63, 3.8) is 0 Å². The Morgan fingerprint density at radius 1 is 1.35 bits per heavy atom. The fraction of sp³-hybridized carbons (Fsp3) is 0.786. The van der Waals surface area contributed by atoms with E-state index in [9.17, 15) is 9.90 Å². The normalized spacial score (nSPS) is 51.3. The molecule has 3 atom stereocenters. The second-order valence-corrected chi connectivity index (χ2v) is 6.31. The zero-order valence-electron chi connectivity index (χ0n) is 10.3. The lowest BCUT2D eigenvalue weighted by Crippen LogP contribution is -2.68. The van der Waals surface area contributed by atoms with Crippen molar-refractivity contribution in [2.75, 3.05) is 0 Å². The van der Waals surface area contributed by atoms with E-state index < -0.39 is 17.2 Å². The van der Waals surface area contributed by atoms with Gasteiger partial charge in [-0.2, -0.15) is 0 Å². The summed E-state index contributed by atoms with van der Waals surface area (Å²) in [6.07, 6.45) is 6.23. The third kappa shape index (κ3) is 1.41. The van der Waals surface area contributed by atoms with Crippen molar-refractivity contribution in [1.29, 1.82) is 0 Å². The van der Waals surface area contributed by atoms with Crippen LogP contribution in [0.1, 0.15) is 39.0 Å². The van der Waals surface area contributed by atoms with E-state index in [2.05, 4.69) is 6.58 Å². The average Bonchev–Trinajstić information content (AvgIpc) is 2.25. The van der Waals surface area contributed by atoms with E-state index in [4.69, 9.17) is 4.74 Å². The van der Waals surface area contributed by atoms with Crippen LogP contribution in [0, 0.1) is 17.8 Å². The first kappa shape index (κ1) is 11.3. The summed E-state index contributed by atoms with van der Waals surface area (Å²) in [5.41, 5.74) is -1.51. The van der Waals surface area contributed by atoms with E-state index in [0.29, 0.717) is 17.8 Å². The van der Waals surface area contributed by atoms with E-state index in [1.165, 1.54) is 12.5 Å². The van der Waals surface area contributed by atoms with Crippen LogP contribution >= 0.6 is 0 Å². The van der Waals surface area contributed by atoms with E-state index in [1.807, 2.05) is 6.92 Å². The molecule has 4 aliphatic carbocycles. The summed E-state index contributed by atoms with van der Waals surface area (Å²) in [6.45, 7) is 5.35. The maximum absolute atomic E-state index is 11.5. The van der Waals surface area contributed by atoms with Crippen LogP contribution in [0.25, 0.3) is 0 Å². The van der Waals surface area contributed by atoms with Crippen molar-refractivity contribution >= 4 is 5.97 Å². The fourth-order valence-corrected chi connectivity index (χ4v) is 4.60. The summed E-state index contributed by atoms with van der Waals surface area (Å²) in [6, 6.07) is 0. The maximum atomic E-state index is 11.5. The predicted octanol–water partition coefficient (Wildman–Crippen LogP) is 2.05. The van der Waals surface area contributed by atoms with Gasteiger partial charge in [-0.3, -0.25) is 0 Å². The number of carbonyl (C=O) groups is 1. The Balaban J connectivity index is 1.93. The monoisotopic (exact) mass is 236 g/mol. The first-order valence-electron chi connectivity index (χ1n) is 6.54. The van der Waals surface area contributed by atoms with Gasteiger partial charge in [0.2, 0.25) is 0 Å². The quantitative estimate of drug-likeness (QED) is 0.589. The molecule has 17 heavy (non-hydrogen) atoms. The molecule has 0 aromatic carbocycles. The van der Waals surface area contributed by atoms with Gasteiger partial charge in [0.15, 0.2) is 0 Å². The van der Waals surface area contributed by atoms with Gasteiger partial charge < -0.3 is 9.84 Å². The van der Waals surface area contributed by atoms with Crippen molar-refractivity contribution in [2.24, 2.45) is 17.8 Å². The summed E-state index contributed by atoms with van der Waals surface area (Å²) in [7, 11) is 0. The molecule has 0 spiro atoms. The number of rotatable bonds is 2. The van der Waals surface area contributed by atoms with Gasteiger partial charge >= 0.3 is 5.97 Å². The smallest absolute Gasteiger partial charge is 0.330 e. The number of hydrogen-bond donors (Lipinski definition) is 1. The molecule has 3 heteroatoms. The Kier molecular flexibility index (Phi) is 2.22. The number of aliphatic hydroxyl groups is 1. The number of hydrogen-bond acceptors (Lipinski definition) is 3. The summed E-state index contributed by atoms with van der Waals surface area (Å²) < 4.78 is 5.56. The van der Waals surface area contributed by atoms with Crippen LogP contribution in [0.15, 0.2) is 12.7 Å². The SMILES string of the molecule is C=CC(=O)OC1(C)C2CC3CC(C2)CC1(O)C3. The van der Waals surface area contributed by atoms with Crippen molar-refractivity contribution in [2.45, 2.75) is 50.2 Å². The van der Waals surface area contributed by atoms with Crippen LogP contribution in [0.4, 0.5) is 0 Å². The maximum Gasteiger partial charge on any atom is 0.330 e. The molecule has 3 unspecified atom stereocenters. The highest BCUT2D eigenvalue weighted by Gasteiger charge is 2.65. The average molecular weight is 236 g/mol. The zero-order valence-corrected chi connectivity index (χ0v) is 10.3. The van der Waals surface area contributed by atoms with Gasteiger partial charge in [0, 0.05) is 12.0 Å². The first-order chi connectivity index (χ1) is 7.97. The van der Waals surface area contributed by atoms with Gasteiger partial charge in [0.1, 0.15) is 11.2 Å². The van der Waals surface area contributed by atoms with Crippen LogP contribution in [-0.4, -0.2) is 22.3 Å². The molecule has 0 aromatic heterocycles. The molecule has 4 saturated carbocycles. The Bertz CT molecular complexity index is 362. The standard InChI is InChI=1S/C14H20O3/c1-3-12(15)17-13(2)11-5-9-4-10(6-11)8-14(13,16)7-9/h3,9-11,16H,1,4-8H2,2H3. The van der Waals surface area contributed by atoms with Crippen LogP contribution in [-0.2, 0) is 9.53 Å². The first-order valence-corrected chi connectivity index (χ1v) is 6.54. The van der Waals surface area contributed by atoms with Crippen LogP contribution in [0.5, 0.6) is 0 Å². The minimum absolute atomic E-state index is 0.322. The second-order valence-electron chi connectivity index (χ2n) is 6.31. The number of carbonyl (C=O) groups excluding carboxylic acids is 1. The Morgan fingerprint density at radius 2 is 1.94 bits per heavy atom. The van der Waals surface area contributed by atoms with Gasteiger partial charge in [0.05, 0.1) is 0 Å². The lowest BCUT2D eigenvalue weighted by molar-refractivity contribution is -0.266. The highest BCUT2D eigenvalue weighted by atomic mass is 16.6. The summed E-state index contributed by atoms with van der Waals surface area (Å²) in [4.78, 5) is 11.5. The van der Waals surface area contributed by atoms with Crippen molar-refractivity contribution in [1.82, 2.24) is 0 Å². The molecule has 0 aromatic rings. The van der Waals surface area contributed by atoms with Crippen LogP contribution in [0.3, 0.4) is 0 Å². The van der Waals surface area contributed by atoms with Crippen LogP contribution in [0.2, 0.25) is 0 Å². The van der Waals surface area contributed by atoms with Gasteiger partial charge in [-0.25, -0.2) is 4.79 Å². The highest BCUT2D eigenvalue weighted by molar-refractivity contribution is 5.81. The molecular formula is C14H20O3. The molecule has 0 radical (unpaired) electrons. The van der Waals surface area contributed by atoms with Gasteiger partial charge in [-0.1, -0.05) is 6.58 Å². The third-order valence-corrected chi connectivity index (χ3v) is 5.34. The number of ether oxygens (including phenoxy) is 1. The minimum atomic E-state index is -0.805. The molecule has 1 N–H and O–H groups in total. The molecule has 0 saturated heterocycles. The van der Waals surface area contributed by atoms with Gasteiger partial charge in [-0.15, -0.1) is 0 Å². The summed E-state index contributed by atoms with van der Waals surface area (Å²) in [5, 5.41) is 10.9. The largest absolute Gasteiger partial charge is 0.453 e. The summed E-state index contributed by atoms with van der Waals surface area (Å²) >= 11 is 0. The lowest BCUT2D eigenvalue weighted by atomic mass is 9.48. The Morgan fingerprint density at radius 3 is 2.41 bits per heavy atom. The molecule has 4 rings (SSSR count). The van der Waals surface area contributed by atoms with E-state index >= 15 is 0 Å². The minimum Gasteiger partial charge on any atom is -0.453 e. The molecular weight excluding hydrogens is 216 g/mol. The lowest BCUT2D eigenvalue weighted by Gasteiger charge is -2.63. The molecule has 0 amide bonds. The van der Waals surface area contributed by atoms with Gasteiger partial charge in [0.25, 0.3) is 0 Å². The van der Waals surface area contributed by atoms with E-state index in [-0.39, 0.29) is 0 Å². The predicted molar refractivity (Wildman–Crippen MR) is 63.2 cm³/mol. The van der Waals surface area contributed by atoms with Gasteiger partial charge in [-0.05, 0) is 50.9 Å². The topological polar surface area (TPSA) is 46.5 Å². The zero-order chi connectivity index (χ0) is 12.3. The molecule has 0 aliphatic heterocycles. The van der Waals surface area contributed by atoms with Crippen molar-refractivity contribution in [3.05, 3.63) is 12.7 Å². The molecule has 4 bridgehead atoms. The Hall–Kier alpha value is -0.830. The van der Waals surface area contributed by atoms with Crippen molar-refractivity contribution in [3.8, 4) is 0 Å².